The number of hydrogen-bond acceptors (Lipinski definition) is 7. The molecule has 2 N–H and O–H groups in total. The Hall–Kier alpha value is -1.84. The lowest BCUT2D eigenvalue weighted by molar-refractivity contribution is -0.134. The molecule has 0 aromatic carbocycles. The Morgan fingerprint density at radius 2 is 1.52 bits per heavy atom. The SMILES string of the molecule is CCOP(=O)(CC(NC(=O)OC(C)(C)C)C(=O)N1CCN(C(=O)O)CC1)OCC. The van der Waals surface area contributed by atoms with Crippen molar-refractivity contribution >= 4 is 25.7 Å². The summed E-state index contributed by atoms with van der Waals surface area (Å²) in [5, 5.41) is 11.5. The number of hydrogen-bond donors (Lipinski definition) is 2. The van der Waals surface area contributed by atoms with E-state index in [1.807, 2.05) is 0 Å². The fourth-order valence-corrected chi connectivity index (χ4v) is 4.50. The number of nitrogens with zero attached hydrogens (tertiary/aromatic N) is 2. The third kappa shape index (κ3) is 8.59. The van der Waals surface area contributed by atoms with Crippen LogP contribution in [0, 0.1) is 0 Å². The molecule has 168 valence electrons. The van der Waals surface area contributed by atoms with Gasteiger partial charge in [-0.2, -0.15) is 0 Å². The molecule has 0 aromatic heterocycles. The van der Waals surface area contributed by atoms with Gasteiger partial charge in [-0.05, 0) is 34.6 Å². The molecule has 1 aliphatic heterocycles. The number of rotatable bonds is 8. The fraction of sp³-hybridized carbons (Fsp3) is 0.824. The van der Waals surface area contributed by atoms with E-state index >= 15 is 0 Å². The van der Waals surface area contributed by atoms with E-state index in [9.17, 15) is 18.9 Å². The van der Waals surface area contributed by atoms with Crippen molar-refractivity contribution in [1.29, 1.82) is 0 Å². The first-order valence-corrected chi connectivity index (χ1v) is 11.3. The molecular weight excluding hydrogens is 405 g/mol. The molecule has 12 heteroatoms. The van der Waals surface area contributed by atoms with Crippen LogP contribution >= 0.6 is 7.60 Å². The van der Waals surface area contributed by atoms with E-state index in [1.165, 1.54) is 9.80 Å². The summed E-state index contributed by atoms with van der Waals surface area (Å²) < 4.78 is 28.6. The maximum Gasteiger partial charge on any atom is 0.408 e. The van der Waals surface area contributed by atoms with Crippen molar-refractivity contribution < 1.29 is 37.8 Å². The molecule has 0 radical (unpaired) electrons. The molecule has 3 amide bonds. The number of piperazine rings is 1. The lowest BCUT2D eigenvalue weighted by Gasteiger charge is -2.35. The molecule has 1 heterocycles. The van der Waals surface area contributed by atoms with Crippen molar-refractivity contribution in [2.45, 2.75) is 46.3 Å². The minimum absolute atomic E-state index is 0.113. The first-order chi connectivity index (χ1) is 13.4. The molecule has 1 fully saturated rings. The minimum Gasteiger partial charge on any atom is -0.465 e. The lowest BCUT2D eigenvalue weighted by Crippen LogP contribution is -2.57. The molecule has 1 atom stereocenters. The van der Waals surface area contributed by atoms with Crippen LogP contribution in [0.3, 0.4) is 0 Å². The second-order valence-corrected chi connectivity index (χ2v) is 9.53. The van der Waals surface area contributed by atoms with Gasteiger partial charge in [-0.1, -0.05) is 0 Å². The highest BCUT2D eigenvalue weighted by molar-refractivity contribution is 7.54. The van der Waals surface area contributed by atoms with Crippen molar-refractivity contribution in [3.8, 4) is 0 Å². The van der Waals surface area contributed by atoms with Gasteiger partial charge in [-0.25, -0.2) is 9.59 Å². The number of carboxylic acid groups (broad SMARTS) is 1. The Kier molecular flexibility index (Phi) is 9.38. The van der Waals surface area contributed by atoms with Crippen LogP contribution in [0.5, 0.6) is 0 Å². The Bertz CT molecular complexity index is 619. The van der Waals surface area contributed by atoms with Gasteiger partial charge >= 0.3 is 19.8 Å². The van der Waals surface area contributed by atoms with Crippen LogP contribution in [0.1, 0.15) is 34.6 Å². The van der Waals surface area contributed by atoms with Crippen molar-refractivity contribution in [3.63, 3.8) is 0 Å². The van der Waals surface area contributed by atoms with Crippen LogP contribution in [-0.2, 0) is 23.1 Å². The maximum atomic E-state index is 13.0. The minimum atomic E-state index is -3.64. The smallest absolute Gasteiger partial charge is 0.408 e. The van der Waals surface area contributed by atoms with E-state index in [0.29, 0.717) is 0 Å². The molecule has 0 bridgehead atoms. The first-order valence-electron chi connectivity index (χ1n) is 9.55. The zero-order chi connectivity index (χ0) is 22.2. The van der Waals surface area contributed by atoms with Gasteiger partial charge in [0.25, 0.3) is 0 Å². The van der Waals surface area contributed by atoms with Crippen LogP contribution in [-0.4, -0.2) is 90.2 Å². The molecule has 0 aromatic rings. The summed E-state index contributed by atoms with van der Waals surface area (Å²) in [6.45, 7) is 9.17. The predicted molar refractivity (Wildman–Crippen MR) is 105 cm³/mol. The highest BCUT2D eigenvalue weighted by Gasteiger charge is 2.37. The normalized spacial score (nSPS) is 16.3. The highest BCUT2D eigenvalue weighted by atomic mass is 31.2. The van der Waals surface area contributed by atoms with Crippen molar-refractivity contribution in [2.24, 2.45) is 0 Å². The van der Waals surface area contributed by atoms with E-state index in [2.05, 4.69) is 5.32 Å². The number of ether oxygens (including phenoxy) is 1. The number of nitrogens with one attached hydrogen (secondary N) is 1. The molecule has 29 heavy (non-hydrogen) atoms. The van der Waals surface area contributed by atoms with Crippen LogP contribution in [0.25, 0.3) is 0 Å². The Balaban J connectivity index is 2.96. The molecule has 0 spiro atoms. The molecule has 1 rings (SSSR count). The average molecular weight is 437 g/mol. The van der Waals surface area contributed by atoms with Crippen LogP contribution in [0.15, 0.2) is 0 Å². The van der Waals surface area contributed by atoms with Gasteiger partial charge in [-0.15, -0.1) is 0 Å². The van der Waals surface area contributed by atoms with E-state index in [1.54, 1.807) is 34.6 Å². The van der Waals surface area contributed by atoms with Crippen LogP contribution in [0.2, 0.25) is 0 Å². The van der Waals surface area contributed by atoms with Gasteiger partial charge in [0, 0.05) is 26.2 Å². The van der Waals surface area contributed by atoms with E-state index in [4.69, 9.17) is 18.9 Å². The van der Waals surface area contributed by atoms with Gasteiger partial charge in [0.1, 0.15) is 11.6 Å². The molecule has 0 aliphatic carbocycles. The Morgan fingerprint density at radius 3 is 1.93 bits per heavy atom. The zero-order valence-electron chi connectivity index (χ0n) is 17.7. The fourth-order valence-electron chi connectivity index (χ4n) is 2.73. The molecule has 1 saturated heterocycles. The Labute approximate surface area is 171 Å². The third-order valence-electron chi connectivity index (χ3n) is 3.91. The highest BCUT2D eigenvalue weighted by Crippen LogP contribution is 2.48. The quantitative estimate of drug-likeness (QED) is 0.551. The van der Waals surface area contributed by atoms with Gasteiger partial charge in [0.05, 0.1) is 19.4 Å². The predicted octanol–water partition coefficient (Wildman–Crippen LogP) is 1.97. The maximum absolute atomic E-state index is 13.0. The molecule has 1 unspecified atom stereocenters. The van der Waals surface area contributed by atoms with Gasteiger partial charge < -0.3 is 34.0 Å². The number of alkyl carbamates (subject to hydrolysis) is 1. The summed E-state index contributed by atoms with van der Waals surface area (Å²) in [7, 11) is -3.64. The number of carbonyl (C=O) groups excluding carboxylic acids is 2. The first kappa shape index (κ1) is 25.2. The number of carbonyl (C=O) groups is 3. The standard InChI is InChI=1S/C17H32N3O8P/c1-6-26-29(25,27-7-2)12-13(18-15(22)28-17(3,4)5)14(21)19-8-10-20(11-9-19)16(23)24/h13H,6-12H2,1-5H3,(H,18,22)(H,23,24). The van der Waals surface area contributed by atoms with Gasteiger partial charge in [-0.3, -0.25) is 9.36 Å². The van der Waals surface area contributed by atoms with Gasteiger partial charge in [0.15, 0.2) is 0 Å². The second kappa shape index (κ2) is 10.8. The Morgan fingerprint density at radius 1 is 1.03 bits per heavy atom. The van der Waals surface area contributed by atoms with Crippen LogP contribution in [0.4, 0.5) is 9.59 Å². The topological polar surface area (TPSA) is 135 Å². The summed E-state index contributed by atoms with van der Waals surface area (Å²) in [4.78, 5) is 38.9. The summed E-state index contributed by atoms with van der Waals surface area (Å²) in [6.07, 6.45) is -2.25. The molecule has 0 saturated carbocycles. The lowest BCUT2D eigenvalue weighted by atomic mass is 10.2. The second-order valence-electron chi connectivity index (χ2n) is 7.42. The average Bonchev–Trinajstić information content (AvgIpc) is 2.59. The molecule has 1 aliphatic rings. The van der Waals surface area contributed by atoms with E-state index in [-0.39, 0.29) is 45.6 Å². The summed E-state index contributed by atoms with van der Waals surface area (Å²) >= 11 is 0. The van der Waals surface area contributed by atoms with Crippen LogP contribution < -0.4 is 5.32 Å². The largest absolute Gasteiger partial charge is 0.465 e. The monoisotopic (exact) mass is 437 g/mol. The zero-order valence-corrected chi connectivity index (χ0v) is 18.6. The number of amides is 3. The molecular formula is C17H32N3O8P. The summed E-state index contributed by atoms with van der Waals surface area (Å²) in [5.74, 6) is -0.500. The van der Waals surface area contributed by atoms with Crippen molar-refractivity contribution in [1.82, 2.24) is 15.1 Å². The van der Waals surface area contributed by atoms with Crippen molar-refractivity contribution in [3.05, 3.63) is 0 Å². The van der Waals surface area contributed by atoms with Gasteiger partial charge in [0.2, 0.25) is 5.91 Å². The third-order valence-corrected chi connectivity index (χ3v) is 6.02. The summed E-state index contributed by atoms with van der Waals surface area (Å²) in [5.41, 5.74) is -0.783. The van der Waals surface area contributed by atoms with E-state index < -0.39 is 37.3 Å². The molecule has 11 nitrogen and oxygen atoms in total. The van der Waals surface area contributed by atoms with E-state index in [0.717, 1.165) is 0 Å². The van der Waals surface area contributed by atoms with Crippen molar-refractivity contribution in [2.75, 3.05) is 45.6 Å². The summed E-state index contributed by atoms with van der Waals surface area (Å²) in [6, 6.07) is -1.20.